The largest absolute Gasteiger partial charge is 0.395 e. The van der Waals surface area contributed by atoms with Crippen molar-refractivity contribution in [2.75, 3.05) is 5.73 Å². The van der Waals surface area contributed by atoms with Crippen LogP contribution in [0.25, 0.3) is 0 Å². The van der Waals surface area contributed by atoms with Gasteiger partial charge in [-0.15, -0.1) is 0 Å². The smallest absolute Gasteiger partial charge is 0.183 e. The Morgan fingerprint density at radius 2 is 1.58 bits per heavy atom. The number of anilines is 1. The van der Waals surface area contributed by atoms with Crippen molar-refractivity contribution in [2.45, 2.75) is 6.92 Å². The summed E-state index contributed by atoms with van der Waals surface area (Å²) in [6.07, 6.45) is 0. The van der Waals surface area contributed by atoms with E-state index < -0.39 is 23.1 Å². The summed E-state index contributed by atoms with van der Waals surface area (Å²) in [5.74, 6) is -3.33. The van der Waals surface area contributed by atoms with Gasteiger partial charge in [-0.3, -0.25) is 0 Å². The van der Waals surface area contributed by atoms with Crippen molar-refractivity contribution < 1.29 is 13.2 Å². The summed E-state index contributed by atoms with van der Waals surface area (Å²) in [7, 11) is 0. The molecule has 0 aromatic heterocycles. The fourth-order valence-corrected chi connectivity index (χ4v) is 1.23. The fraction of sp³-hybridized carbons (Fsp3) is 0.143. The molecular formula is C7H5BrF3N. The van der Waals surface area contributed by atoms with E-state index in [0.29, 0.717) is 0 Å². The van der Waals surface area contributed by atoms with Gasteiger partial charge < -0.3 is 5.73 Å². The SMILES string of the molecule is Cc1c(F)c(F)c(N)c(Br)c1F. The van der Waals surface area contributed by atoms with Crippen LogP contribution in [0.4, 0.5) is 18.9 Å². The molecule has 0 aliphatic rings. The van der Waals surface area contributed by atoms with Gasteiger partial charge in [0.2, 0.25) is 0 Å². The van der Waals surface area contributed by atoms with Crippen molar-refractivity contribution in [1.82, 2.24) is 0 Å². The van der Waals surface area contributed by atoms with Gasteiger partial charge in [-0.05, 0) is 22.9 Å². The Labute approximate surface area is 75.5 Å². The molecule has 5 heteroatoms. The minimum Gasteiger partial charge on any atom is -0.395 e. The topological polar surface area (TPSA) is 26.0 Å². The molecule has 0 spiro atoms. The van der Waals surface area contributed by atoms with Crippen LogP contribution in [0.2, 0.25) is 0 Å². The molecule has 2 N–H and O–H groups in total. The normalized spacial score (nSPS) is 10.4. The Balaban J connectivity index is 3.60. The van der Waals surface area contributed by atoms with Gasteiger partial charge in [0.05, 0.1) is 10.2 Å². The molecule has 0 aliphatic carbocycles. The van der Waals surface area contributed by atoms with Crippen LogP contribution in [0.1, 0.15) is 5.56 Å². The van der Waals surface area contributed by atoms with Crippen LogP contribution in [0, 0.1) is 24.4 Å². The van der Waals surface area contributed by atoms with Crippen molar-refractivity contribution in [2.24, 2.45) is 0 Å². The average molecular weight is 240 g/mol. The van der Waals surface area contributed by atoms with E-state index in [1.807, 2.05) is 0 Å². The lowest BCUT2D eigenvalue weighted by Crippen LogP contribution is -2.02. The van der Waals surface area contributed by atoms with Crippen LogP contribution in [0.5, 0.6) is 0 Å². The van der Waals surface area contributed by atoms with E-state index in [4.69, 9.17) is 5.73 Å². The summed E-state index contributed by atoms with van der Waals surface area (Å²) in [5, 5.41) is 0. The van der Waals surface area contributed by atoms with Gasteiger partial charge in [-0.1, -0.05) is 0 Å². The summed E-state index contributed by atoms with van der Waals surface area (Å²) in [6, 6.07) is 0. The molecule has 1 nitrogen and oxygen atoms in total. The Hall–Kier alpha value is -0.710. The van der Waals surface area contributed by atoms with E-state index in [1.54, 1.807) is 0 Å². The predicted molar refractivity (Wildman–Crippen MR) is 43.2 cm³/mol. The first-order valence-electron chi connectivity index (χ1n) is 3.04. The minimum atomic E-state index is -1.24. The summed E-state index contributed by atoms with van der Waals surface area (Å²) < 4.78 is 38.1. The molecule has 0 radical (unpaired) electrons. The number of hydrogen-bond donors (Lipinski definition) is 1. The number of hydrogen-bond acceptors (Lipinski definition) is 1. The maximum absolute atomic E-state index is 12.9. The van der Waals surface area contributed by atoms with Crippen LogP contribution < -0.4 is 5.73 Å². The van der Waals surface area contributed by atoms with Gasteiger partial charge in [-0.2, -0.15) is 0 Å². The second-order valence-electron chi connectivity index (χ2n) is 2.29. The van der Waals surface area contributed by atoms with Crippen LogP contribution in [-0.2, 0) is 0 Å². The van der Waals surface area contributed by atoms with Crippen molar-refractivity contribution in [3.8, 4) is 0 Å². The molecule has 1 rings (SSSR count). The maximum Gasteiger partial charge on any atom is 0.183 e. The zero-order valence-electron chi connectivity index (χ0n) is 6.09. The zero-order chi connectivity index (χ0) is 9.46. The Kier molecular flexibility index (Phi) is 2.32. The second-order valence-corrected chi connectivity index (χ2v) is 3.09. The van der Waals surface area contributed by atoms with Gasteiger partial charge in [0.25, 0.3) is 0 Å². The van der Waals surface area contributed by atoms with E-state index in [0.717, 1.165) is 6.92 Å². The van der Waals surface area contributed by atoms with Gasteiger partial charge in [0.1, 0.15) is 5.82 Å². The molecule has 0 unspecified atom stereocenters. The monoisotopic (exact) mass is 239 g/mol. The molecule has 0 aliphatic heterocycles. The van der Waals surface area contributed by atoms with Crippen molar-refractivity contribution >= 4 is 21.6 Å². The van der Waals surface area contributed by atoms with Crippen molar-refractivity contribution in [1.29, 1.82) is 0 Å². The molecule has 12 heavy (non-hydrogen) atoms. The third-order valence-electron chi connectivity index (χ3n) is 1.52. The lowest BCUT2D eigenvalue weighted by atomic mass is 10.2. The highest BCUT2D eigenvalue weighted by Crippen LogP contribution is 2.30. The maximum atomic E-state index is 12.9. The molecule has 0 amide bonds. The molecule has 1 aromatic rings. The highest BCUT2D eigenvalue weighted by molar-refractivity contribution is 9.10. The molecule has 0 heterocycles. The summed E-state index contributed by atoms with van der Waals surface area (Å²) >= 11 is 2.71. The third kappa shape index (κ3) is 1.18. The fourth-order valence-electron chi connectivity index (χ4n) is 0.758. The van der Waals surface area contributed by atoms with Gasteiger partial charge in [0, 0.05) is 5.56 Å². The molecular weight excluding hydrogens is 235 g/mol. The molecule has 0 saturated heterocycles. The molecule has 1 aromatic carbocycles. The Morgan fingerprint density at radius 1 is 1.08 bits per heavy atom. The van der Waals surface area contributed by atoms with Crippen molar-refractivity contribution in [3.63, 3.8) is 0 Å². The molecule has 0 fully saturated rings. The number of rotatable bonds is 0. The zero-order valence-corrected chi connectivity index (χ0v) is 7.68. The van der Waals surface area contributed by atoms with E-state index in [2.05, 4.69) is 15.9 Å². The van der Waals surface area contributed by atoms with Crippen LogP contribution >= 0.6 is 15.9 Å². The van der Waals surface area contributed by atoms with Gasteiger partial charge in [0.15, 0.2) is 11.6 Å². The number of nitrogen functional groups attached to an aromatic ring is 1. The summed E-state index contributed by atoms with van der Waals surface area (Å²) in [4.78, 5) is 0. The lowest BCUT2D eigenvalue weighted by Gasteiger charge is -2.05. The average Bonchev–Trinajstić information content (AvgIpc) is 2.08. The Bertz CT molecular complexity index is 233. The number of nitrogens with two attached hydrogens (primary N) is 1. The number of benzene rings is 1. The highest BCUT2D eigenvalue weighted by Gasteiger charge is 2.18. The minimum absolute atomic E-state index is 0.237. The quantitative estimate of drug-likeness (QED) is 0.547. The predicted octanol–water partition coefficient (Wildman–Crippen LogP) is 2.76. The highest BCUT2D eigenvalue weighted by atomic mass is 79.9. The lowest BCUT2D eigenvalue weighted by molar-refractivity contribution is 0.487. The standard InChI is InChI=1S/C7H5BrF3N/c1-2-4(9)3(8)7(12)6(11)5(2)10/h12H2,1H3. The van der Waals surface area contributed by atoms with Crippen LogP contribution in [-0.4, -0.2) is 0 Å². The summed E-state index contributed by atoms with van der Waals surface area (Å²) in [6.45, 7) is 1.14. The van der Waals surface area contributed by atoms with Crippen LogP contribution in [0.15, 0.2) is 4.47 Å². The first-order valence-corrected chi connectivity index (χ1v) is 3.84. The molecule has 66 valence electrons. The number of halogens is 4. The third-order valence-corrected chi connectivity index (χ3v) is 2.29. The first kappa shape index (κ1) is 9.38. The summed E-state index contributed by atoms with van der Waals surface area (Å²) in [5.41, 5.74) is 4.12. The second kappa shape index (κ2) is 2.97. The molecule has 0 bridgehead atoms. The van der Waals surface area contributed by atoms with Crippen LogP contribution in [0.3, 0.4) is 0 Å². The molecule has 0 saturated carbocycles. The van der Waals surface area contributed by atoms with Gasteiger partial charge >= 0.3 is 0 Å². The van der Waals surface area contributed by atoms with Crippen molar-refractivity contribution in [3.05, 3.63) is 27.5 Å². The molecule has 0 atom stereocenters. The van der Waals surface area contributed by atoms with Gasteiger partial charge in [-0.25, -0.2) is 13.2 Å². The first-order chi connectivity index (χ1) is 5.46. The van der Waals surface area contributed by atoms with E-state index in [-0.39, 0.29) is 10.0 Å². The van der Waals surface area contributed by atoms with E-state index in [9.17, 15) is 13.2 Å². The van der Waals surface area contributed by atoms with E-state index >= 15 is 0 Å². The van der Waals surface area contributed by atoms with E-state index in [1.165, 1.54) is 0 Å². The Morgan fingerprint density at radius 3 is 2.08 bits per heavy atom.